The summed E-state index contributed by atoms with van der Waals surface area (Å²) in [4.78, 5) is 4.64. The maximum absolute atomic E-state index is 5.62. The molecule has 0 amide bonds. The fraction of sp³-hybridized carbons (Fsp3) is 0.163. The zero-order valence-corrected chi connectivity index (χ0v) is 27.3. The van der Waals surface area contributed by atoms with E-state index >= 15 is 0 Å². The Hall–Kier alpha value is -5.26. The minimum atomic E-state index is 0.900. The van der Waals surface area contributed by atoms with Crippen LogP contribution >= 0.6 is 0 Å². The van der Waals surface area contributed by atoms with E-state index in [2.05, 4.69) is 173 Å². The zero-order chi connectivity index (χ0) is 31.9. The lowest BCUT2D eigenvalue weighted by molar-refractivity contribution is 1.13. The van der Waals surface area contributed by atoms with Gasteiger partial charge in [0.15, 0.2) is 0 Å². The molecule has 2 nitrogen and oxygen atoms in total. The summed E-state index contributed by atoms with van der Waals surface area (Å²) in [5.41, 5.74) is 15.3. The summed E-state index contributed by atoms with van der Waals surface area (Å²) in [6.45, 7) is 13.0. The Morgan fingerprint density at radius 1 is 0.600 bits per heavy atom. The topological polar surface area (TPSA) is 6.48 Å². The number of hydrogen-bond donors (Lipinski definition) is 0. The summed E-state index contributed by atoms with van der Waals surface area (Å²) in [6.07, 6.45) is 12.5. The molecule has 0 atom stereocenters. The predicted octanol–water partition coefficient (Wildman–Crippen LogP) is 12.0. The molecule has 5 rings (SSSR count). The molecule has 0 aromatic heterocycles. The van der Waals surface area contributed by atoms with Gasteiger partial charge in [0.2, 0.25) is 0 Å². The van der Waals surface area contributed by atoms with Gasteiger partial charge in [0.05, 0.1) is 0 Å². The van der Waals surface area contributed by atoms with Crippen LogP contribution < -0.4 is 9.80 Å². The van der Waals surface area contributed by atoms with Gasteiger partial charge in [0.25, 0.3) is 0 Å². The van der Waals surface area contributed by atoms with Crippen LogP contribution in [0.1, 0.15) is 41.2 Å². The van der Waals surface area contributed by atoms with Gasteiger partial charge in [-0.05, 0) is 153 Å². The monoisotopic (exact) mass is 586 g/mol. The minimum absolute atomic E-state index is 0.900. The van der Waals surface area contributed by atoms with E-state index in [1.165, 1.54) is 38.9 Å². The second-order valence-corrected chi connectivity index (χ2v) is 11.7. The van der Waals surface area contributed by atoms with E-state index < -0.39 is 0 Å². The Morgan fingerprint density at radius 3 is 1.53 bits per heavy atom. The molecular formula is C43H42N2. The third-order valence-corrected chi connectivity index (χ3v) is 8.03. The summed E-state index contributed by atoms with van der Waals surface area (Å²) in [7, 11) is 0. The number of allylic oxidation sites excluding steroid dienone is 3. The van der Waals surface area contributed by atoms with Crippen molar-refractivity contribution in [2.24, 2.45) is 0 Å². The summed E-state index contributed by atoms with van der Waals surface area (Å²) >= 11 is 0. The SMILES string of the molecule is C#C/C=C\C(=C/CC)N(c1cccc(C)c1)c1ccc(-c2ccc(N(c3cccc(C)c3)c3cccc(C)c3)cc2C)c(C)c1. The van der Waals surface area contributed by atoms with Crippen molar-refractivity contribution >= 4 is 28.4 Å². The molecule has 5 aromatic carbocycles. The van der Waals surface area contributed by atoms with Crippen LogP contribution in [-0.4, -0.2) is 0 Å². The number of nitrogens with zero attached hydrogens (tertiary/aromatic N) is 2. The maximum atomic E-state index is 5.62. The Kier molecular flexibility index (Phi) is 9.71. The van der Waals surface area contributed by atoms with Crippen molar-refractivity contribution < 1.29 is 0 Å². The first-order chi connectivity index (χ1) is 21.8. The molecule has 0 unspecified atom stereocenters. The molecule has 0 aliphatic carbocycles. The average Bonchev–Trinajstić information content (AvgIpc) is 3.01. The van der Waals surface area contributed by atoms with Gasteiger partial charge in [0, 0.05) is 34.1 Å². The van der Waals surface area contributed by atoms with Crippen molar-refractivity contribution in [1.29, 1.82) is 0 Å². The van der Waals surface area contributed by atoms with E-state index in [0.717, 1.165) is 40.6 Å². The molecular weight excluding hydrogens is 544 g/mol. The van der Waals surface area contributed by atoms with E-state index in [4.69, 9.17) is 6.42 Å². The lowest BCUT2D eigenvalue weighted by atomic mass is 9.95. The van der Waals surface area contributed by atoms with E-state index in [0.29, 0.717) is 0 Å². The van der Waals surface area contributed by atoms with E-state index in [9.17, 15) is 0 Å². The maximum Gasteiger partial charge on any atom is 0.0464 e. The molecule has 0 saturated carbocycles. The predicted molar refractivity (Wildman–Crippen MR) is 195 cm³/mol. The molecule has 0 fully saturated rings. The third kappa shape index (κ3) is 7.11. The molecule has 0 heterocycles. The van der Waals surface area contributed by atoms with Gasteiger partial charge < -0.3 is 9.80 Å². The van der Waals surface area contributed by atoms with Crippen molar-refractivity contribution in [2.45, 2.75) is 48.0 Å². The molecule has 0 spiro atoms. The van der Waals surface area contributed by atoms with E-state index in [-0.39, 0.29) is 0 Å². The molecule has 5 aromatic rings. The van der Waals surface area contributed by atoms with Crippen LogP contribution in [0.4, 0.5) is 28.4 Å². The van der Waals surface area contributed by atoms with E-state index in [1.54, 1.807) is 6.08 Å². The Balaban J connectivity index is 1.57. The number of terminal acetylenes is 1. The van der Waals surface area contributed by atoms with Crippen LogP contribution in [0, 0.1) is 47.0 Å². The first-order valence-electron chi connectivity index (χ1n) is 15.6. The van der Waals surface area contributed by atoms with Gasteiger partial charge in [-0.15, -0.1) is 6.42 Å². The van der Waals surface area contributed by atoms with Gasteiger partial charge in [0.1, 0.15) is 0 Å². The number of benzene rings is 5. The number of aryl methyl sites for hydroxylation is 5. The van der Waals surface area contributed by atoms with E-state index in [1.807, 2.05) is 6.08 Å². The lowest BCUT2D eigenvalue weighted by Gasteiger charge is -2.28. The zero-order valence-electron chi connectivity index (χ0n) is 27.3. The van der Waals surface area contributed by atoms with Crippen molar-refractivity contribution in [1.82, 2.24) is 0 Å². The summed E-state index contributed by atoms with van der Waals surface area (Å²) in [6, 6.07) is 39.6. The normalized spacial score (nSPS) is 11.4. The molecule has 224 valence electrons. The fourth-order valence-electron chi connectivity index (χ4n) is 5.95. The summed E-state index contributed by atoms with van der Waals surface area (Å²) in [5, 5.41) is 0. The fourth-order valence-corrected chi connectivity index (χ4v) is 5.95. The highest BCUT2D eigenvalue weighted by Gasteiger charge is 2.17. The molecule has 2 heteroatoms. The van der Waals surface area contributed by atoms with Gasteiger partial charge in [-0.2, -0.15) is 0 Å². The number of anilines is 5. The average molecular weight is 587 g/mol. The standard InChI is InChI=1S/C43H42N2/c1-8-10-18-36(14-9-2)44(37-19-11-15-31(3)26-37)40-22-24-42(34(6)29-40)43-25-23-41(30-35(43)7)45(38-20-12-16-32(4)27-38)39-21-13-17-33(5)28-39/h1,10-30H,9H2,2-7H3/b18-10-,36-14+. The molecule has 0 aliphatic rings. The second-order valence-electron chi connectivity index (χ2n) is 11.7. The largest absolute Gasteiger partial charge is 0.311 e. The quantitative estimate of drug-likeness (QED) is 0.125. The molecule has 0 radical (unpaired) electrons. The first kappa shape index (κ1) is 31.2. The van der Waals surface area contributed by atoms with Crippen LogP contribution in [0.2, 0.25) is 0 Å². The molecule has 0 saturated heterocycles. The highest BCUT2D eigenvalue weighted by Crippen LogP contribution is 2.40. The van der Waals surface area contributed by atoms with Crippen molar-refractivity contribution in [3.8, 4) is 23.5 Å². The molecule has 45 heavy (non-hydrogen) atoms. The van der Waals surface area contributed by atoms with Crippen LogP contribution in [0.5, 0.6) is 0 Å². The second kappa shape index (κ2) is 14.0. The van der Waals surface area contributed by atoms with Crippen molar-refractivity contribution in [3.63, 3.8) is 0 Å². The summed E-state index contributed by atoms with van der Waals surface area (Å²) in [5.74, 6) is 2.66. The highest BCUT2D eigenvalue weighted by atomic mass is 15.1. The van der Waals surface area contributed by atoms with Gasteiger partial charge in [-0.3, -0.25) is 0 Å². The number of hydrogen-bond acceptors (Lipinski definition) is 2. The van der Waals surface area contributed by atoms with Gasteiger partial charge in [-0.25, -0.2) is 0 Å². The minimum Gasteiger partial charge on any atom is -0.311 e. The lowest BCUT2D eigenvalue weighted by Crippen LogP contribution is -2.15. The molecule has 0 N–H and O–H groups in total. The number of rotatable bonds is 9. The smallest absolute Gasteiger partial charge is 0.0464 e. The highest BCUT2D eigenvalue weighted by molar-refractivity contribution is 5.82. The van der Waals surface area contributed by atoms with Gasteiger partial charge >= 0.3 is 0 Å². The Bertz CT molecular complexity index is 1870. The van der Waals surface area contributed by atoms with Crippen molar-refractivity contribution in [2.75, 3.05) is 9.80 Å². The van der Waals surface area contributed by atoms with Crippen molar-refractivity contribution in [3.05, 3.63) is 161 Å². The van der Waals surface area contributed by atoms with Crippen LogP contribution in [0.25, 0.3) is 11.1 Å². The van der Waals surface area contributed by atoms with Crippen LogP contribution in [0.15, 0.2) is 133 Å². The van der Waals surface area contributed by atoms with Gasteiger partial charge in [-0.1, -0.05) is 67.5 Å². The Labute approximate surface area is 270 Å². The molecule has 0 aliphatic heterocycles. The molecule has 0 bridgehead atoms. The Morgan fingerprint density at radius 2 is 1.04 bits per heavy atom. The van der Waals surface area contributed by atoms with Crippen LogP contribution in [-0.2, 0) is 0 Å². The first-order valence-corrected chi connectivity index (χ1v) is 15.6. The summed E-state index contributed by atoms with van der Waals surface area (Å²) < 4.78 is 0. The van der Waals surface area contributed by atoms with Crippen LogP contribution in [0.3, 0.4) is 0 Å². The third-order valence-electron chi connectivity index (χ3n) is 8.03.